The third kappa shape index (κ3) is 3.59. The van der Waals surface area contributed by atoms with E-state index in [0.717, 1.165) is 0 Å². The van der Waals surface area contributed by atoms with Crippen molar-refractivity contribution in [3.05, 3.63) is 163 Å². The van der Waals surface area contributed by atoms with Crippen LogP contribution in [0.1, 0.15) is 25.0 Å². The summed E-state index contributed by atoms with van der Waals surface area (Å²) in [6, 6.07) is 53.6. The highest BCUT2D eigenvalue weighted by molar-refractivity contribution is 6.08. The molecular weight excluding hydrogens is 530 g/mol. The first kappa shape index (κ1) is 25.1. The molecule has 0 unspecified atom stereocenters. The predicted molar refractivity (Wildman–Crippen MR) is 187 cm³/mol. The van der Waals surface area contributed by atoms with Crippen LogP contribution in [0.5, 0.6) is 0 Å². The van der Waals surface area contributed by atoms with E-state index in [1.54, 1.807) is 0 Å². The monoisotopic (exact) mass is 561 g/mol. The number of aromatic nitrogens is 1. The van der Waals surface area contributed by atoms with Gasteiger partial charge in [-0.25, -0.2) is 0 Å². The SMILES string of the molecule is CC1(C)c2ccccc2-c2ccc(-n3cc(-c4cccc5ccccc45)c4cc(-c5cccc6ccccc56)ccc43)cc21. The molecule has 1 aromatic heterocycles. The van der Waals surface area contributed by atoms with E-state index in [4.69, 9.17) is 0 Å². The number of hydrogen-bond acceptors (Lipinski definition) is 0. The van der Waals surface area contributed by atoms with E-state index in [-0.39, 0.29) is 5.41 Å². The molecule has 0 saturated heterocycles. The highest BCUT2D eigenvalue weighted by Crippen LogP contribution is 2.49. The van der Waals surface area contributed by atoms with Crippen LogP contribution in [0.2, 0.25) is 0 Å². The molecule has 1 heterocycles. The van der Waals surface area contributed by atoms with E-state index in [1.165, 1.54) is 82.6 Å². The Kier molecular flexibility index (Phi) is 5.31. The number of hydrogen-bond donors (Lipinski definition) is 0. The topological polar surface area (TPSA) is 4.93 Å². The molecule has 8 aromatic rings. The van der Waals surface area contributed by atoms with Crippen LogP contribution in [0.3, 0.4) is 0 Å². The van der Waals surface area contributed by atoms with Gasteiger partial charge in [-0.05, 0) is 84.8 Å². The van der Waals surface area contributed by atoms with Crippen LogP contribution in [0, 0.1) is 0 Å². The van der Waals surface area contributed by atoms with E-state index < -0.39 is 0 Å². The summed E-state index contributed by atoms with van der Waals surface area (Å²) in [7, 11) is 0. The molecule has 1 aliphatic carbocycles. The normalized spacial score (nSPS) is 13.4. The molecule has 1 heteroatoms. The first-order valence-corrected chi connectivity index (χ1v) is 15.4. The van der Waals surface area contributed by atoms with Gasteiger partial charge >= 0.3 is 0 Å². The molecule has 0 bridgehead atoms. The van der Waals surface area contributed by atoms with Crippen molar-refractivity contribution in [3.63, 3.8) is 0 Å². The molecule has 0 N–H and O–H groups in total. The Morgan fingerprint density at radius 1 is 0.432 bits per heavy atom. The second-order valence-electron chi connectivity index (χ2n) is 12.6. The van der Waals surface area contributed by atoms with Crippen molar-refractivity contribution < 1.29 is 0 Å². The van der Waals surface area contributed by atoms with Crippen molar-refractivity contribution in [2.24, 2.45) is 0 Å². The molecule has 7 aromatic carbocycles. The molecule has 44 heavy (non-hydrogen) atoms. The predicted octanol–water partition coefficient (Wildman–Crippen LogP) is 11.6. The molecule has 9 rings (SSSR count). The van der Waals surface area contributed by atoms with Gasteiger partial charge in [-0.3, -0.25) is 0 Å². The first-order chi connectivity index (χ1) is 21.6. The van der Waals surface area contributed by atoms with Gasteiger partial charge in [0.25, 0.3) is 0 Å². The van der Waals surface area contributed by atoms with Gasteiger partial charge in [-0.1, -0.05) is 135 Å². The molecule has 0 spiro atoms. The van der Waals surface area contributed by atoms with Gasteiger partial charge in [0.1, 0.15) is 0 Å². The van der Waals surface area contributed by atoms with E-state index in [1.807, 2.05) is 0 Å². The Hall–Kier alpha value is -5.40. The minimum atomic E-state index is -0.0507. The Morgan fingerprint density at radius 3 is 1.84 bits per heavy atom. The molecule has 0 amide bonds. The Morgan fingerprint density at radius 2 is 1.05 bits per heavy atom. The lowest BCUT2D eigenvalue weighted by atomic mass is 9.82. The second kappa shape index (κ2) is 9.30. The molecule has 0 radical (unpaired) electrons. The number of rotatable bonds is 3. The maximum Gasteiger partial charge on any atom is 0.0535 e. The van der Waals surface area contributed by atoms with Gasteiger partial charge in [-0.15, -0.1) is 0 Å². The summed E-state index contributed by atoms with van der Waals surface area (Å²) in [5.74, 6) is 0. The summed E-state index contributed by atoms with van der Waals surface area (Å²) in [4.78, 5) is 0. The van der Waals surface area contributed by atoms with Crippen LogP contribution in [-0.4, -0.2) is 4.57 Å². The summed E-state index contributed by atoms with van der Waals surface area (Å²) in [6.07, 6.45) is 2.36. The van der Waals surface area contributed by atoms with Crippen molar-refractivity contribution in [1.82, 2.24) is 4.57 Å². The third-order valence-corrected chi connectivity index (χ3v) is 9.83. The van der Waals surface area contributed by atoms with Crippen LogP contribution in [0.15, 0.2) is 152 Å². The fourth-order valence-corrected chi connectivity index (χ4v) is 7.61. The smallest absolute Gasteiger partial charge is 0.0535 e. The summed E-state index contributed by atoms with van der Waals surface area (Å²) in [5.41, 5.74) is 12.9. The van der Waals surface area contributed by atoms with Crippen LogP contribution in [0.4, 0.5) is 0 Å². The largest absolute Gasteiger partial charge is 0.316 e. The third-order valence-electron chi connectivity index (χ3n) is 9.83. The summed E-state index contributed by atoms with van der Waals surface area (Å²) < 4.78 is 2.40. The average molecular weight is 562 g/mol. The zero-order valence-corrected chi connectivity index (χ0v) is 24.9. The maximum atomic E-state index is 2.42. The average Bonchev–Trinajstić information content (AvgIpc) is 3.56. The number of nitrogens with zero attached hydrogens (tertiary/aromatic N) is 1. The van der Waals surface area contributed by atoms with Crippen molar-refractivity contribution in [2.45, 2.75) is 19.3 Å². The van der Waals surface area contributed by atoms with Crippen molar-refractivity contribution in [1.29, 1.82) is 0 Å². The minimum absolute atomic E-state index is 0.0507. The number of fused-ring (bicyclic) bond motifs is 6. The van der Waals surface area contributed by atoms with Gasteiger partial charge in [0, 0.05) is 28.2 Å². The standard InChI is InChI=1S/C43H31N/c1-43(2)40-20-8-7-17-36(40)37-23-22-31(26-41(37)43)44-27-39(35-19-10-14-29-12-4-6-16-33(29)35)38-25-30(21-24-42(38)44)34-18-9-13-28-11-3-5-15-32(28)34/h3-27H,1-2H3. The van der Waals surface area contributed by atoms with Crippen molar-refractivity contribution in [2.75, 3.05) is 0 Å². The van der Waals surface area contributed by atoms with Crippen LogP contribution < -0.4 is 0 Å². The summed E-state index contributed by atoms with van der Waals surface area (Å²) >= 11 is 0. The lowest BCUT2D eigenvalue weighted by Gasteiger charge is -2.22. The van der Waals surface area contributed by atoms with E-state index in [2.05, 4.69) is 170 Å². The van der Waals surface area contributed by atoms with Crippen molar-refractivity contribution >= 4 is 32.4 Å². The Balaban J connectivity index is 1.31. The van der Waals surface area contributed by atoms with Gasteiger partial charge < -0.3 is 4.57 Å². The fourth-order valence-electron chi connectivity index (χ4n) is 7.61. The van der Waals surface area contributed by atoms with Crippen LogP contribution in [0.25, 0.3) is 71.5 Å². The summed E-state index contributed by atoms with van der Waals surface area (Å²) in [6.45, 7) is 4.71. The Bertz CT molecular complexity index is 2410. The molecule has 0 aliphatic heterocycles. The lowest BCUT2D eigenvalue weighted by Crippen LogP contribution is -2.15. The quantitative estimate of drug-likeness (QED) is 0.202. The highest BCUT2D eigenvalue weighted by atomic mass is 15.0. The van der Waals surface area contributed by atoms with Gasteiger partial charge in [-0.2, -0.15) is 0 Å². The van der Waals surface area contributed by atoms with Gasteiger partial charge in [0.15, 0.2) is 0 Å². The molecule has 0 saturated carbocycles. The fraction of sp³-hybridized carbons (Fsp3) is 0.0698. The molecule has 1 aliphatic rings. The molecule has 0 atom stereocenters. The first-order valence-electron chi connectivity index (χ1n) is 15.4. The van der Waals surface area contributed by atoms with E-state index in [9.17, 15) is 0 Å². The Labute approximate surface area is 257 Å². The molecular formula is C43H31N. The van der Waals surface area contributed by atoms with Crippen molar-refractivity contribution in [3.8, 4) is 39.1 Å². The minimum Gasteiger partial charge on any atom is -0.316 e. The van der Waals surface area contributed by atoms with E-state index in [0.29, 0.717) is 0 Å². The maximum absolute atomic E-state index is 2.42. The zero-order chi connectivity index (χ0) is 29.4. The van der Waals surface area contributed by atoms with Crippen LogP contribution >= 0.6 is 0 Å². The highest BCUT2D eigenvalue weighted by Gasteiger charge is 2.35. The van der Waals surface area contributed by atoms with E-state index >= 15 is 0 Å². The van der Waals surface area contributed by atoms with Gasteiger partial charge in [0.05, 0.1) is 5.52 Å². The molecule has 208 valence electrons. The zero-order valence-electron chi connectivity index (χ0n) is 24.9. The van der Waals surface area contributed by atoms with Gasteiger partial charge in [0.2, 0.25) is 0 Å². The summed E-state index contributed by atoms with van der Waals surface area (Å²) in [5, 5.41) is 6.33. The lowest BCUT2D eigenvalue weighted by molar-refractivity contribution is 0.660. The number of benzene rings is 7. The van der Waals surface area contributed by atoms with Crippen LogP contribution in [-0.2, 0) is 5.41 Å². The molecule has 0 fully saturated rings. The molecule has 1 nitrogen and oxygen atoms in total. The second-order valence-corrected chi connectivity index (χ2v) is 12.6.